The molecule has 0 aromatic heterocycles. The van der Waals surface area contributed by atoms with E-state index in [2.05, 4.69) is 10.6 Å². The Kier molecular flexibility index (Phi) is 5.03. The van der Waals surface area contributed by atoms with Crippen molar-refractivity contribution in [3.05, 3.63) is 30.3 Å². The maximum Gasteiger partial charge on any atom is 0.320 e. The van der Waals surface area contributed by atoms with Crippen LogP contribution < -0.4 is 16.4 Å². The van der Waals surface area contributed by atoms with Crippen LogP contribution in [-0.4, -0.2) is 41.5 Å². The topological polar surface area (TPSA) is 87.5 Å². The summed E-state index contributed by atoms with van der Waals surface area (Å²) in [6.07, 6.45) is 1.84. The number of anilines is 1. The summed E-state index contributed by atoms with van der Waals surface area (Å²) in [4.78, 5) is 26.4. The van der Waals surface area contributed by atoms with Gasteiger partial charge in [-0.3, -0.25) is 4.79 Å². The van der Waals surface area contributed by atoms with Gasteiger partial charge in [0.25, 0.3) is 0 Å². The zero-order valence-corrected chi connectivity index (χ0v) is 13.1. The van der Waals surface area contributed by atoms with E-state index in [1.54, 1.807) is 30.9 Å². The monoisotopic (exact) mass is 304 g/mol. The van der Waals surface area contributed by atoms with Crippen molar-refractivity contribution in [1.82, 2.24) is 10.2 Å². The number of amides is 3. The smallest absolute Gasteiger partial charge is 0.320 e. The first kappa shape index (κ1) is 16.3. The highest BCUT2D eigenvalue weighted by molar-refractivity contribution is 5.95. The number of piperidine rings is 1. The van der Waals surface area contributed by atoms with Gasteiger partial charge in [0.2, 0.25) is 5.91 Å². The Bertz CT molecular complexity index is 530. The maximum absolute atomic E-state index is 12.6. The van der Waals surface area contributed by atoms with Crippen LogP contribution >= 0.6 is 0 Å². The van der Waals surface area contributed by atoms with Crippen molar-refractivity contribution < 1.29 is 9.59 Å². The van der Waals surface area contributed by atoms with Crippen molar-refractivity contribution in [1.29, 1.82) is 0 Å². The molecule has 1 atom stereocenters. The second-order valence-electron chi connectivity index (χ2n) is 6.22. The number of carbonyl (C=O) groups is 2. The summed E-state index contributed by atoms with van der Waals surface area (Å²) >= 11 is 0. The van der Waals surface area contributed by atoms with Gasteiger partial charge in [0.1, 0.15) is 5.54 Å². The number of nitrogens with zero attached hydrogens (tertiary/aromatic N) is 1. The second-order valence-corrected chi connectivity index (χ2v) is 6.22. The Morgan fingerprint density at radius 3 is 2.59 bits per heavy atom. The van der Waals surface area contributed by atoms with E-state index in [0.717, 1.165) is 12.8 Å². The summed E-state index contributed by atoms with van der Waals surface area (Å²) in [5.41, 5.74) is 5.62. The maximum atomic E-state index is 12.6. The van der Waals surface area contributed by atoms with E-state index < -0.39 is 11.6 Å². The molecule has 1 fully saturated rings. The molecule has 0 saturated carbocycles. The predicted octanol–water partition coefficient (Wildman–Crippen LogP) is 1.54. The van der Waals surface area contributed by atoms with Gasteiger partial charge in [-0.1, -0.05) is 18.2 Å². The quantitative estimate of drug-likeness (QED) is 0.791. The third-order valence-corrected chi connectivity index (χ3v) is 3.74. The fraction of sp³-hybridized carbons (Fsp3) is 0.500. The normalized spacial score (nSPS) is 18.7. The van der Waals surface area contributed by atoms with Crippen LogP contribution in [0.4, 0.5) is 10.5 Å². The van der Waals surface area contributed by atoms with Crippen LogP contribution in [0.2, 0.25) is 0 Å². The van der Waals surface area contributed by atoms with Crippen LogP contribution in [0.5, 0.6) is 0 Å². The number of nitrogens with two attached hydrogens (primary N) is 1. The third kappa shape index (κ3) is 4.21. The molecular weight excluding hydrogens is 280 g/mol. The average molecular weight is 304 g/mol. The number of para-hydroxylation sites is 1. The van der Waals surface area contributed by atoms with Crippen LogP contribution in [0.1, 0.15) is 26.7 Å². The summed E-state index contributed by atoms with van der Waals surface area (Å²) in [6.45, 7) is 4.66. The lowest BCUT2D eigenvalue weighted by molar-refractivity contribution is -0.137. The Labute approximate surface area is 131 Å². The minimum absolute atomic E-state index is 0.0200. The fourth-order valence-electron chi connectivity index (χ4n) is 2.61. The first-order valence-electron chi connectivity index (χ1n) is 7.57. The van der Waals surface area contributed by atoms with Gasteiger partial charge >= 0.3 is 6.03 Å². The molecule has 1 saturated heterocycles. The van der Waals surface area contributed by atoms with Crippen molar-refractivity contribution in [2.75, 3.05) is 18.4 Å². The molecule has 22 heavy (non-hydrogen) atoms. The van der Waals surface area contributed by atoms with E-state index in [9.17, 15) is 9.59 Å². The highest BCUT2D eigenvalue weighted by atomic mass is 16.2. The fourth-order valence-corrected chi connectivity index (χ4v) is 2.61. The largest absolute Gasteiger partial charge is 0.339 e. The number of benzene rings is 1. The van der Waals surface area contributed by atoms with Crippen LogP contribution in [-0.2, 0) is 4.79 Å². The molecule has 3 amide bonds. The van der Waals surface area contributed by atoms with Crippen LogP contribution in [0.3, 0.4) is 0 Å². The molecule has 0 radical (unpaired) electrons. The van der Waals surface area contributed by atoms with Gasteiger partial charge in [-0.2, -0.15) is 0 Å². The lowest BCUT2D eigenvalue weighted by Gasteiger charge is -2.36. The van der Waals surface area contributed by atoms with Gasteiger partial charge in [-0.15, -0.1) is 0 Å². The number of nitrogens with one attached hydrogen (secondary N) is 2. The number of carbonyl (C=O) groups excluding carboxylic acids is 2. The minimum atomic E-state index is -0.976. The number of rotatable bonds is 3. The number of likely N-dealkylation sites (tertiary alicyclic amines) is 1. The van der Waals surface area contributed by atoms with E-state index >= 15 is 0 Å². The standard InChI is InChI=1S/C16H24N4O2/c1-16(2,14(21)20-10-6-7-12(17)11-20)19-15(22)18-13-8-4-3-5-9-13/h3-5,8-9,12H,6-7,10-11,17H2,1-2H3,(H2,18,19,22). The SMILES string of the molecule is CC(C)(NC(=O)Nc1ccccc1)C(=O)N1CCCC(N)C1. The van der Waals surface area contributed by atoms with Crippen molar-refractivity contribution in [3.8, 4) is 0 Å². The van der Waals surface area contributed by atoms with Gasteiger partial charge in [0.15, 0.2) is 0 Å². The molecular formula is C16H24N4O2. The van der Waals surface area contributed by atoms with E-state index in [4.69, 9.17) is 5.73 Å². The summed E-state index contributed by atoms with van der Waals surface area (Å²) in [5, 5.41) is 5.45. The molecule has 1 unspecified atom stereocenters. The first-order chi connectivity index (χ1) is 10.4. The van der Waals surface area contributed by atoms with Crippen molar-refractivity contribution in [3.63, 3.8) is 0 Å². The molecule has 1 heterocycles. The summed E-state index contributed by atoms with van der Waals surface area (Å²) in [6, 6.07) is 8.74. The van der Waals surface area contributed by atoms with Crippen LogP contribution in [0, 0.1) is 0 Å². The lowest BCUT2D eigenvalue weighted by atomic mass is 10.00. The second kappa shape index (κ2) is 6.79. The Balaban J connectivity index is 1.94. The van der Waals surface area contributed by atoms with Gasteiger partial charge in [-0.05, 0) is 38.8 Å². The highest BCUT2D eigenvalue weighted by Gasteiger charge is 2.35. The molecule has 1 aliphatic rings. The van der Waals surface area contributed by atoms with Crippen molar-refractivity contribution in [2.24, 2.45) is 5.73 Å². The van der Waals surface area contributed by atoms with Gasteiger partial charge < -0.3 is 21.3 Å². The number of hydrogen-bond donors (Lipinski definition) is 3. The molecule has 0 bridgehead atoms. The Morgan fingerprint density at radius 2 is 1.95 bits per heavy atom. The van der Waals surface area contributed by atoms with Crippen molar-refractivity contribution in [2.45, 2.75) is 38.3 Å². The Morgan fingerprint density at radius 1 is 1.27 bits per heavy atom. The van der Waals surface area contributed by atoms with Gasteiger partial charge in [0, 0.05) is 24.8 Å². The molecule has 0 aliphatic carbocycles. The first-order valence-corrected chi connectivity index (χ1v) is 7.57. The lowest BCUT2D eigenvalue weighted by Crippen LogP contribution is -2.59. The molecule has 6 heteroatoms. The average Bonchev–Trinajstić information content (AvgIpc) is 2.46. The van der Waals surface area contributed by atoms with Crippen LogP contribution in [0.25, 0.3) is 0 Å². The zero-order chi connectivity index (χ0) is 16.2. The molecule has 120 valence electrons. The van der Waals surface area contributed by atoms with E-state index in [0.29, 0.717) is 18.8 Å². The molecule has 6 nitrogen and oxygen atoms in total. The molecule has 1 aromatic rings. The van der Waals surface area contributed by atoms with Crippen molar-refractivity contribution >= 4 is 17.6 Å². The predicted molar refractivity (Wildman–Crippen MR) is 86.5 cm³/mol. The number of urea groups is 1. The molecule has 4 N–H and O–H groups in total. The molecule has 1 aromatic carbocycles. The number of hydrogen-bond acceptors (Lipinski definition) is 3. The van der Waals surface area contributed by atoms with Crippen LogP contribution in [0.15, 0.2) is 30.3 Å². The summed E-state index contributed by atoms with van der Waals surface area (Å²) in [5.74, 6) is -0.106. The highest BCUT2D eigenvalue weighted by Crippen LogP contribution is 2.15. The summed E-state index contributed by atoms with van der Waals surface area (Å²) in [7, 11) is 0. The molecule has 2 rings (SSSR count). The van der Waals surface area contributed by atoms with E-state index in [-0.39, 0.29) is 11.9 Å². The minimum Gasteiger partial charge on any atom is -0.339 e. The van der Waals surface area contributed by atoms with Gasteiger partial charge in [-0.25, -0.2) is 4.79 Å². The zero-order valence-electron chi connectivity index (χ0n) is 13.1. The molecule has 0 spiro atoms. The molecule has 1 aliphatic heterocycles. The van der Waals surface area contributed by atoms with E-state index in [1.165, 1.54) is 0 Å². The third-order valence-electron chi connectivity index (χ3n) is 3.74. The Hall–Kier alpha value is -2.08. The van der Waals surface area contributed by atoms with E-state index in [1.807, 2.05) is 18.2 Å². The van der Waals surface area contributed by atoms with Gasteiger partial charge in [0.05, 0.1) is 0 Å². The summed E-state index contributed by atoms with van der Waals surface area (Å²) < 4.78 is 0.